The second-order valence-corrected chi connectivity index (χ2v) is 7.64. The second kappa shape index (κ2) is 13.0. The first kappa shape index (κ1) is 25.5. The SMILES string of the molecule is CCOCCOCc1cccc(CNC(=NC)NCC2(c3cccc(F)c3)CC2)c1.I. The summed E-state index contributed by atoms with van der Waals surface area (Å²) in [5, 5.41) is 6.77. The monoisotopic (exact) mass is 541 g/mol. The molecule has 0 radical (unpaired) electrons. The van der Waals surface area contributed by atoms with E-state index in [-0.39, 0.29) is 35.2 Å². The molecule has 0 unspecified atom stereocenters. The molecule has 2 N–H and O–H groups in total. The molecule has 0 amide bonds. The first-order valence-corrected chi connectivity index (χ1v) is 10.6. The van der Waals surface area contributed by atoms with Crippen molar-refractivity contribution >= 4 is 29.9 Å². The number of ether oxygens (including phenoxy) is 2. The molecule has 0 bridgehead atoms. The molecular formula is C24H33FIN3O2. The van der Waals surface area contributed by atoms with Crippen molar-refractivity contribution in [3.05, 3.63) is 71.0 Å². The Morgan fingerprint density at radius 2 is 1.77 bits per heavy atom. The Morgan fingerprint density at radius 3 is 2.48 bits per heavy atom. The molecule has 0 spiro atoms. The van der Waals surface area contributed by atoms with Crippen LogP contribution in [0.25, 0.3) is 0 Å². The van der Waals surface area contributed by atoms with E-state index in [0.717, 1.165) is 42.0 Å². The summed E-state index contributed by atoms with van der Waals surface area (Å²) < 4.78 is 24.5. The van der Waals surface area contributed by atoms with Gasteiger partial charge in [-0.15, -0.1) is 24.0 Å². The summed E-state index contributed by atoms with van der Waals surface area (Å²) in [4.78, 5) is 4.33. The van der Waals surface area contributed by atoms with Crippen LogP contribution in [-0.4, -0.2) is 39.4 Å². The highest BCUT2D eigenvalue weighted by Crippen LogP contribution is 2.47. The molecule has 2 aromatic carbocycles. The Hall–Kier alpha value is -1.71. The highest BCUT2D eigenvalue weighted by Gasteiger charge is 2.44. The van der Waals surface area contributed by atoms with Gasteiger partial charge in [0.15, 0.2) is 5.96 Å². The summed E-state index contributed by atoms with van der Waals surface area (Å²) in [6, 6.07) is 15.2. The van der Waals surface area contributed by atoms with Gasteiger partial charge in [0.25, 0.3) is 0 Å². The lowest BCUT2D eigenvalue weighted by molar-refractivity contribution is 0.0453. The van der Waals surface area contributed by atoms with E-state index < -0.39 is 0 Å². The smallest absolute Gasteiger partial charge is 0.191 e. The Bertz CT molecular complexity index is 843. The van der Waals surface area contributed by atoms with Crippen LogP contribution >= 0.6 is 24.0 Å². The van der Waals surface area contributed by atoms with Gasteiger partial charge < -0.3 is 20.1 Å². The second-order valence-electron chi connectivity index (χ2n) is 7.64. The zero-order valence-corrected chi connectivity index (χ0v) is 20.7. The maximum absolute atomic E-state index is 13.6. The van der Waals surface area contributed by atoms with Gasteiger partial charge >= 0.3 is 0 Å². The summed E-state index contributed by atoms with van der Waals surface area (Å²) in [7, 11) is 1.76. The molecule has 2 aromatic rings. The lowest BCUT2D eigenvalue weighted by Gasteiger charge is -2.19. The highest BCUT2D eigenvalue weighted by molar-refractivity contribution is 14.0. The van der Waals surface area contributed by atoms with Crippen molar-refractivity contribution in [2.75, 3.05) is 33.4 Å². The number of halogens is 2. The van der Waals surface area contributed by atoms with Crippen LogP contribution in [0, 0.1) is 5.82 Å². The van der Waals surface area contributed by atoms with E-state index in [1.54, 1.807) is 19.2 Å². The fourth-order valence-electron chi connectivity index (χ4n) is 3.48. The number of nitrogens with zero attached hydrogens (tertiary/aromatic N) is 1. The molecule has 1 fully saturated rings. The van der Waals surface area contributed by atoms with E-state index >= 15 is 0 Å². The van der Waals surface area contributed by atoms with Crippen molar-refractivity contribution in [1.29, 1.82) is 0 Å². The van der Waals surface area contributed by atoms with Crippen LogP contribution in [0.4, 0.5) is 4.39 Å². The van der Waals surface area contributed by atoms with Crippen molar-refractivity contribution in [3.8, 4) is 0 Å². The zero-order valence-electron chi connectivity index (χ0n) is 18.3. The molecule has 5 nitrogen and oxygen atoms in total. The number of aliphatic imine (C=N–C) groups is 1. The van der Waals surface area contributed by atoms with E-state index in [0.29, 0.717) is 33.0 Å². The minimum atomic E-state index is -0.178. The van der Waals surface area contributed by atoms with Crippen LogP contribution in [-0.2, 0) is 28.0 Å². The molecule has 31 heavy (non-hydrogen) atoms. The molecule has 0 saturated heterocycles. The summed E-state index contributed by atoms with van der Waals surface area (Å²) in [6.45, 7) is 5.89. The van der Waals surface area contributed by atoms with Crippen molar-refractivity contribution in [2.24, 2.45) is 4.99 Å². The van der Waals surface area contributed by atoms with Crippen LogP contribution in [0.5, 0.6) is 0 Å². The van der Waals surface area contributed by atoms with Crippen LogP contribution in [0.2, 0.25) is 0 Å². The van der Waals surface area contributed by atoms with E-state index in [4.69, 9.17) is 9.47 Å². The largest absolute Gasteiger partial charge is 0.379 e. The molecule has 1 saturated carbocycles. The van der Waals surface area contributed by atoms with E-state index in [1.165, 1.54) is 6.07 Å². The number of guanidine groups is 1. The highest BCUT2D eigenvalue weighted by atomic mass is 127. The third kappa shape index (κ3) is 8.05. The molecule has 170 valence electrons. The molecule has 0 aromatic heterocycles. The molecule has 1 aliphatic rings. The number of hydrogen-bond acceptors (Lipinski definition) is 3. The van der Waals surface area contributed by atoms with Crippen molar-refractivity contribution in [3.63, 3.8) is 0 Å². The van der Waals surface area contributed by atoms with E-state index in [9.17, 15) is 4.39 Å². The fraction of sp³-hybridized carbons (Fsp3) is 0.458. The third-order valence-electron chi connectivity index (χ3n) is 5.40. The molecule has 1 aliphatic carbocycles. The number of hydrogen-bond donors (Lipinski definition) is 2. The predicted molar refractivity (Wildman–Crippen MR) is 134 cm³/mol. The van der Waals surface area contributed by atoms with Crippen LogP contribution in [0.1, 0.15) is 36.5 Å². The van der Waals surface area contributed by atoms with E-state index in [1.807, 2.05) is 19.1 Å². The lowest BCUT2D eigenvalue weighted by Crippen LogP contribution is -2.40. The van der Waals surface area contributed by atoms with Crippen LogP contribution in [0.15, 0.2) is 53.5 Å². The van der Waals surface area contributed by atoms with Crippen molar-refractivity contribution in [1.82, 2.24) is 10.6 Å². The zero-order chi connectivity index (χ0) is 21.2. The van der Waals surface area contributed by atoms with Gasteiger partial charge in [-0.05, 0) is 48.6 Å². The quantitative estimate of drug-likeness (QED) is 0.192. The summed E-state index contributed by atoms with van der Waals surface area (Å²) in [6.07, 6.45) is 2.12. The van der Waals surface area contributed by atoms with Gasteiger partial charge in [-0.1, -0.05) is 36.4 Å². The number of rotatable bonds is 11. The van der Waals surface area contributed by atoms with Crippen molar-refractivity contribution in [2.45, 2.75) is 38.3 Å². The molecule has 7 heteroatoms. The number of nitrogens with one attached hydrogen (secondary N) is 2. The summed E-state index contributed by atoms with van der Waals surface area (Å²) >= 11 is 0. The molecule has 0 atom stereocenters. The summed E-state index contributed by atoms with van der Waals surface area (Å²) in [5.41, 5.74) is 3.37. The van der Waals surface area contributed by atoms with Gasteiger partial charge in [0, 0.05) is 32.2 Å². The molecular weight excluding hydrogens is 508 g/mol. The Balaban J connectivity index is 0.00000341. The first-order valence-electron chi connectivity index (χ1n) is 10.6. The summed E-state index contributed by atoms with van der Waals surface area (Å²) in [5.74, 6) is 0.569. The van der Waals surface area contributed by atoms with Gasteiger partial charge in [0.1, 0.15) is 5.82 Å². The van der Waals surface area contributed by atoms with Crippen molar-refractivity contribution < 1.29 is 13.9 Å². The van der Waals surface area contributed by atoms with Gasteiger partial charge in [-0.2, -0.15) is 0 Å². The van der Waals surface area contributed by atoms with Crippen LogP contribution in [0.3, 0.4) is 0 Å². The van der Waals surface area contributed by atoms with Gasteiger partial charge in [-0.25, -0.2) is 4.39 Å². The lowest BCUT2D eigenvalue weighted by atomic mass is 9.96. The topological polar surface area (TPSA) is 54.9 Å². The van der Waals surface area contributed by atoms with Gasteiger partial charge in [0.05, 0.1) is 19.8 Å². The minimum Gasteiger partial charge on any atom is -0.379 e. The van der Waals surface area contributed by atoms with Gasteiger partial charge in [-0.3, -0.25) is 4.99 Å². The van der Waals surface area contributed by atoms with Gasteiger partial charge in [0.2, 0.25) is 0 Å². The molecule has 3 rings (SSSR count). The maximum atomic E-state index is 13.6. The Labute approximate surface area is 201 Å². The minimum absolute atomic E-state index is 0. The normalized spacial score (nSPS) is 14.6. The van der Waals surface area contributed by atoms with E-state index in [2.05, 4.69) is 33.8 Å². The maximum Gasteiger partial charge on any atom is 0.191 e. The first-order chi connectivity index (χ1) is 14.6. The average molecular weight is 541 g/mol. The fourth-order valence-corrected chi connectivity index (χ4v) is 3.48. The number of benzene rings is 2. The standard InChI is InChI=1S/C24H32FN3O2.HI/c1-3-29-12-13-30-17-20-7-4-6-19(14-20)16-27-23(26-2)28-18-24(10-11-24)21-8-5-9-22(25)15-21;/h4-9,14-15H,3,10-13,16-18H2,1-2H3,(H2,26,27,28);1H. The Morgan fingerprint density at radius 1 is 1.03 bits per heavy atom. The third-order valence-corrected chi connectivity index (χ3v) is 5.40. The predicted octanol–water partition coefficient (Wildman–Crippen LogP) is 4.39. The average Bonchev–Trinajstić information content (AvgIpc) is 3.55. The van der Waals surface area contributed by atoms with Crippen LogP contribution < -0.4 is 10.6 Å². The molecule has 0 aliphatic heterocycles. The molecule has 0 heterocycles. The Kier molecular flexibility index (Phi) is 10.7.